The predicted molar refractivity (Wildman–Crippen MR) is 58.0 cm³/mol. The molecule has 0 radical (unpaired) electrons. The third kappa shape index (κ3) is 2.72. The first kappa shape index (κ1) is 13.0. The summed E-state index contributed by atoms with van der Waals surface area (Å²) in [5, 5.41) is 2.36. The molecule has 2 amide bonds. The molecule has 0 bridgehead atoms. The minimum absolute atomic E-state index is 0.105. The third-order valence-corrected chi connectivity index (χ3v) is 4.38. The van der Waals surface area contributed by atoms with Crippen LogP contribution in [0.2, 0.25) is 0 Å². The number of hydrogen-bond donors (Lipinski definition) is 1. The van der Waals surface area contributed by atoms with Gasteiger partial charge in [-0.05, 0) is 26.2 Å². The maximum Gasteiger partial charge on any atom is 0.258 e. The zero-order chi connectivity index (χ0) is 12.2. The molecule has 16 heavy (non-hydrogen) atoms. The monoisotopic (exact) mass is 248 g/mol. The second-order valence-electron chi connectivity index (χ2n) is 3.64. The van der Waals surface area contributed by atoms with Gasteiger partial charge in [0.1, 0.15) is 6.04 Å². The summed E-state index contributed by atoms with van der Waals surface area (Å²) in [5.41, 5.74) is 0. The minimum Gasteiger partial charge on any atom is -0.347 e. The Bertz CT molecular complexity index is 366. The van der Waals surface area contributed by atoms with Crippen LogP contribution < -0.4 is 5.32 Å². The lowest BCUT2D eigenvalue weighted by atomic mass is 10.1. The Hall–Kier alpha value is -1.11. The molecule has 6 nitrogen and oxygen atoms in total. The highest BCUT2D eigenvalue weighted by Crippen LogP contribution is 2.15. The van der Waals surface area contributed by atoms with Gasteiger partial charge in [0.05, 0.1) is 5.75 Å². The Morgan fingerprint density at radius 3 is 2.75 bits per heavy atom. The van der Waals surface area contributed by atoms with E-state index in [4.69, 9.17) is 0 Å². The number of hydrogen-bond acceptors (Lipinski definition) is 4. The van der Waals surface area contributed by atoms with Gasteiger partial charge in [-0.15, -0.1) is 0 Å². The molecule has 0 unspecified atom stereocenters. The molecular weight excluding hydrogens is 232 g/mol. The maximum absolute atomic E-state index is 11.9. The average Bonchev–Trinajstić information content (AvgIpc) is 2.43. The summed E-state index contributed by atoms with van der Waals surface area (Å²) in [4.78, 5) is 22.2. The molecule has 1 fully saturated rings. The van der Waals surface area contributed by atoms with Crippen molar-refractivity contribution in [3.05, 3.63) is 0 Å². The molecule has 0 aliphatic carbocycles. The van der Waals surface area contributed by atoms with Crippen molar-refractivity contribution in [1.29, 1.82) is 0 Å². The Balaban J connectivity index is 2.92. The highest BCUT2D eigenvalue weighted by molar-refractivity contribution is 7.89. The summed E-state index contributed by atoms with van der Waals surface area (Å²) in [6.07, 6.45) is 2.30. The third-order valence-electron chi connectivity index (χ3n) is 2.62. The molecule has 1 heterocycles. The predicted octanol–water partition coefficient (Wildman–Crippen LogP) is -0.537. The molecule has 92 valence electrons. The van der Waals surface area contributed by atoms with Crippen LogP contribution in [-0.2, 0) is 19.6 Å². The summed E-state index contributed by atoms with van der Waals surface area (Å²) in [7, 11) is -3.52. The molecule has 7 heteroatoms. The molecular formula is C9H16N2O4S. The minimum atomic E-state index is -3.52. The van der Waals surface area contributed by atoms with Crippen LogP contribution in [0.5, 0.6) is 0 Å². The zero-order valence-electron chi connectivity index (χ0n) is 9.18. The van der Waals surface area contributed by atoms with Crippen molar-refractivity contribution < 1.29 is 18.0 Å². The summed E-state index contributed by atoms with van der Waals surface area (Å²) >= 11 is 0. The quantitative estimate of drug-likeness (QED) is 0.677. The largest absolute Gasteiger partial charge is 0.347 e. The number of carbonyl (C=O) groups excluding carboxylic acids is 2. The van der Waals surface area contributed by atoms with Gasteiger partial charge < -0.3 is 5.32 Å². The van der Waals surface area contributed by atoms with Crippen LogP contribution in [0.4, 0.5) is 0 Å². The van der Waals surface area contributed by atoms with Crippen molar-refractivity contribution in [2.75, 3.05) is 12.3 Å². The molecule has 1 saturated heterocycles. The van der Waals surface area contributed by atoms with Gasteiger partial charge in [0.2, 0.25) is 16.4 Å². The molecule has 1 atom stereocenters. The fraction of sp³-hybridized carbons (Fsp3) is 0.778. The molecule has 1 aliphatic heterocycles. The van der Waals surface area contributed by atoms with Gasteiger partial charge in [0, 0.05) is 6.54 Å². The molecule has 1 aliphatic rings. The van der Waals surface area contributed by atoms with E-state index in [1.165, 1.54) is 6.92 Å². The van der Waals surface area contributed by atoms with Crippen LogP contribution in [0.3, 0.4) is 0 Å². The maximum atomic E-state index is 11.9. The lowest BCUT2D eigenvalue weighted by Gasteiger charge is -2.22. The molecule has 0 saturated carbocycles. The first-order valence-corrected chi connectivity index (χ1v) is 6.87. The van der Waals surface area contributed by atoms with E-state index in [9.17, 15) is 18.0 Å². The van der Waals surface area contributed by atoms with E-state index in [0.717, 1.165) is 10.7 Å². The van der Waals surface area contributed by atoms with Crippen LogP contribution in [0.25, 0.3) is 0 Å². The second kappa shape index (κ2) is 5.29. The average molecular weight is 248 g/mol. The van der Waals surface area contributed by atoms with Gasteiger partial charge in [-0.2, -0.15) is 0 Å². The molecule has 0 aromatic heterocycles. The van der Waals surface area contributed by atoms with Gasteiger partial charge in [-0.3, -0.25) is 9.59 Å². The van der Waals surface area contributed by atoms with Crippen LogP contribution in [0, 0.1) is 0 Å². The normalized spacial score (nSPS) is 22.7. The number of rotatable bonds is 4. The molecule has 1 N–H and O–H groups in total. The van der Waals surface area contributed by atoms with E-state index in [0.29, 0.717) is 19.3 Å². The molecule has 1 rings (SSSR count). The van der Waals surface area contributed by atoms with Gasteiger partial charge in [0.15, 0.2) is 0 Å². The Morgan fingerprint density at radius 1 is 1.50 bits per heavy atom. The highest BCUT2D eigenvalue weighted by atomic mass is 32.2. The standard InChI is InChI=1S/C9H16N2O4S/c1-2-16(14,15)11-6-4-3-5-8(9(11)13)10-7-12/h7-8H,2-6H2,1H3,(H,10,12)/t8-/m0/s1. The van der Waals surface area contributed by atoms with Crippen molar-refractivity contribution in [2.24, 2.45) is 0 Å². The molecule has 0 aromatic carbocycles. The van der Waals surface area contributed by atoms with E-state index in [-0.39, 0.29) is 12.3 Å². The summed E-state index contributed by atoms with van der Waals surface area (Å²) in [5.74, 6) is -0.626. The Labute approximate surface area is 95.0 Å². The van der Waals surface area contributed by atoms with Gasteiger partial charge in [-0.25, -0.2) is 12.7 Å². The van der Waals surface area contributed by atoms with Crippen LogP contribution >= 0.6 is 0 Å². The van der Waals surface area contributed by atoms with Gasteiger partial charge in [0.25, 0.3) is 5.91 Å². The topological polar surface area (TPSA) is 83.6 Å². The second-order valence-corrected chi connectivity index (χ2v) is 5.83. The lowest BCUT2D eigenvalue weighted by molar-refractivity contribution is -0.129. The number of nitrogens with zero attached hydrogens (tertiary/aromatic N) is 1. The van der Waals surface area contributed by atoms with Crippen molar-refractivity contribution in [2.45, 2.75) is 32.2 Å². The SMILES string of the molecule is CCS(=O)(=O)N1CCCC[C@H](NC=O)C1=O. The Morgan fingerprint density at radius 2 is 2.19 bits per heavy atom. The zero-order valence-corrected chi connectivity index (χ0v) is 10.00. The van der Waals surface area contributed by atoms with E-state index >= 15 is 0 Å². The lowest BCUT2D eigenvalue weighted by Crippen LogP contribution is -2.47. The number of amides is 2. The van der Waals surface area contributed by atoms with E-state index in [2.05, 4.69) is 5.32 Å². The first-order chi connectivity index (χ1) is 7.53. The van der Waals surface area contributed by atoms with E-state index < -0.39 is 22.0 Å². The number of carbonyl (C=O) groups is 2. The summed E-state index contributed by atoms with van der Waals surface area (Å²) in [6.45, 7) is 1.71. The van der Waals surface area contributed by atoms with Crippen molar-refractivity contribution in [3.63, 3.8) is 0 Å². The van der Waals surface area contributed by atoms with Gasteiger partial charge >= 0.3 is 0 Å². The number of nitrogens with one attached hydrogen (secondary N) is 1. The Kier molecular flexibility index (Phi) is 4.28. The van der Waals surface area contributed by atoms with Crippen LogP contribution in [0.1, 0.15) is 26.2 Å². The molecule has 0 aromatic rings. The van der Waals surface area contributed by atoms with Crippen molar-refractivity contribution in [3.8, 4) is 0 Å². The van der Waals surface area contributed by atoms with E-state index in [1.54, 1.807) is 0 Å². The van der Waals surface area contributed by atoms with Gasteiger partial charge in [-0.1, -0.05) is 0 Å². The van der Waals surface area contributed by atoms with E-state index in [1.807, 2.05) is 0 Å². The highest BCUT2D eigenvalue weighted by Gasteiger charge is 2.33. The molecule has 0 spiro atoms. The summed E-state index contributed by atoms with van der Waals surface area (Å²) < 4.78 is 24.2. The summed E-state index contributed by atoms with van der Waals surface area (Å²) in [6, 6.07) is -0.707. The van der Waals surface area contributed by atoms with Crippen LogP contribution in [0.15, 0.2) is 0 Å². The smallest absolute Gasteiger partial charge is 0.258 e. The van der Waals surface area contributed by atoms with Crippen molar-refractivity contribution in [1.82, 2.24) is 9.62 Å². The number of sulfonamides is 1. The first-order valence-electron chi connectivity index (χ1n) is 5.27. The van der Waals surface area contributed by atoms with Crippen LogP contribution in [-0.4, -0.2) is 43.4 Å². The fourth-order valence-electron chi connectivity index (χ4n) is 1.68. The fourth-order valence-corrected chi connectivity index (χ4v) is 2.80. The van der Waals surface area contributed by atoms with Crippen molar-refractivity contribution >= 4 is 22.3 Å².